The third kappa shape index (κ3) is 3.23. The quantitative estimate of drug-likeness (QED) is 0.381. The summed E-state index contributed by atoms with van der Waals surface area (Å²) in [5.41, 5.74) is 3.06. The molecule has 0 aliphatic carbocycles. The number of ether oxygens (including phenoxy) is 1. The third-order valence-electron chi connectivity index (χ3n) is 2.98. The Kier molecular flexibility index (Phi) is 5.23. The van der Waals surface area contributed by atoms with Crippen LogP contribution in [0, 0.1) is 20.8 Å². The summed E-state index contributed by atoms with van der Waals surface area (Å²) in [6, 6.07) is 4.01. The van der Waals surface area contributed by atoms with E-state index >= 15 is 0 Å². The molecule has 2 aromatic carbocycles. The molecular formula is C15H11Cl5O. The molecule has 0 saturated heterocycles. The lowest BCUT2D eigenvalue weighted by Crippen LogP contribution is -1.95. The molecule has 21 heavy (non-hydrogen) atoms. The summed E-state index contributed by atoms with van der Waals surface area (Å²) in [6.45, 7) is 5.90. The van der Waals surface area contributed by atoms with Gasteiger partial charge in [0.1, 0.15) is 15.8 Å². The number of halogens is 5. The van der Waals surface area contributed by atoms with Crippen molar-refractivity contribution in [2.24, 2.45) is 0 Å². The van der Waals surface area contributed by atoms with Crippen LogP contribution in [0.3, 0.4) is 0 Å². The van der Waals surface area contributed by atoms with Gasteiger partial charge in [0.15, 0.2) is 5.75 Å². The normalized spacial score (nSPS) is 10.9. The lowest BCUT2D eigenvalue weighted by Gasteiger charge is -2.17. The maximum Gasteiger partial charge on any atom is 0.167 e. The Labute approximate surface area is 148 Å². The molecule has 0 N–H and O–H groups in total. The second kappa shape index (κ2) is 6.44. The molecule has 0 unspecified atom stereocenters. The molecule has 2 aromatic rings. The second-order valence-electron chi connectivity index (χ2n) is 4.73. The molecule has 1 nitrogen and oxygen atoms in total. The van der Waals surface area contributed by atoms with Gasteiger partial charge in [-0.15, -0.1) is 0 Å². The monoisotopic (exact) mass is 382 g/mol. The minimum atomic E-state index is 0.109. The predicted octanol–water partition coefficient (Wildman–Crippen LogP) is 7.67. The summed E-state index contributed by atoms with van der Waals surface area (Å²) in [7, 11) is 0. The van der Waals surface area contributed by atoms with Crippen molar-refractivity contribution < 1.29 is 4.74 Å². The van der Waals surface area contributed by atoms with E-state index in [0.717, 1.165) is 16.7 Å². The molecule has 0 amide bonds. The summed E-state index contributed by atoms with van der Waals surface area (Å²) < 4.78 is 5.88. The van der Waals surface area contributed by atoms with Crippen molar-refractivity contribution in [3.63, 3.8) is 0 Å². The number of hydrogen-bond acceptors (Lipinski definition) is 1. The van der Waals surface area contributed by atoms with Crippen LogP contribution in [0.15, 0.2) is 12.1 Å². The fraction of sp³-hybridized carbons (Fsp3) is 0.200. The van der Waals surface area contributed by atoms with E-state index in [1.54, 1.807) is 0 Å². The standard InChI is InChI=1S/C15H11Cl5O/c1-6-4-7(2)14(8(3)5-6)21-15-12(19)10(17)9(16)11(18)13(15)20/h4-5H,1-3H3. The predicted molar refractivity (Wildman–Crippen MR) is 92.2 cm³/mol. The first-order chi connectivity index (χ1) is 9.73. The van der Waals surface area contributed by atoms with E-state index in [-0.39, 0.29) is 30.9 Å². The van der Waals surface area contributed by atoms with Gasteiger partial charge < -0.3 is 4.74 Å². The molecule has 112 valence electrons. The molecule has 2 rings (SSSR count). The Morgan fingerprint density at radius 2 is 1.00 bits per heavy atom. The van der Waals surface area contributed by atoms with Crippen LogP contribution < -0.4 is 4.74 Å². The fourth-order valence-corrected chi connectivity index (χ4v) is 3.30. The molecular weight excluding hydrogens is 373 g/mol. The first kappa shape index (κ1) is 17.1. The smallest absolute Gasteiger partial charge is 0.167 e. The number of benzene rings is 2. The van der Waals surface area contributed by atoms with Crippen LogP contribution in [0.4, 0.5) is 0 Å². The van der Waals surface area contributed by atoms with Gasteiger partial charge in [-0.2, -0.15) is 0 Å². The molecule has 0 spiro atoms. The largest absolute Gasteiger partial charge is 0.454 e. The molecule has 0 aliphatic heterocycles. The van der Waals surface area contributed by atoms with Gasteiger partial charge in [0.2, 0.25) is 0 Å². The highest BCUT2D eigenvalue weighted by Gasteiger charge is 2.22. The summed E-state index contributed by atoms with van der Waals surface area (Å²) in [4.78, 5) is 0. The van der Waals surface area contributed by atoms with Crippen molar-refractivity contribution in [3.8, 4) is 11.5 Å². The van der Waals surface area contributed by atoms with E-state index in [2.05, 4.69) is 0 Å². The molecule has 0 atom stereocenters. The third-order valence-corrected chi connectivity index (χ3v) is 5.22. The maximum atomic E-state index is 6.18. The van der Waals surface area contributed by atoms with Crippen molar-refractivity contribution in [1.29, 1.82) is 0 Å². The van der Waals surface area contributed by atoms with Crippen LogP contribution in [0.25, 0.3) is 0 Å². The molecule has 0 bridgehead atoms. The van der Waals surface area contributed by atoms with Crippen LogP contribution in [-0.2, 0) is 0 Å². The van der Waals surface area contributed by atoms with E-state index in [0.29, 0.717) is 5.75 Å². The highest BCUT2D eigenvalue weighted by Crippen LogP contribution is 2.50. The molecule has 0 saturated carbocycles. The molecule has 0 radical (unpaired) electrons. The number of hydrogen-bond donors (Lipinski definition) is 0. The summed E-state index contributed by atoms with van der Waals surface area (Å²) >= 11 is 30.4. The van der Waals surface area contributed by atoms with Gasteiger partial charge in [-0.05, 0) is 31.9 Å². The zero-order valence-corrected chi connectivity index (χ0v) is 15.2. The van der Waals surface area contributed by atoms with Crippen LogP contribution in [0.5, 0.6) is 11.5 Å². The molecule has 0 aromatic heterocycles. The zero-order chi connectivity index (χ0) is 15.9. The maximum absolute atomic E-state index is 6.18. The van der Waals surface area contributed by atoms with Crippen molar-refractivity contribution in [2.75, 3.05) is 0 Å². The molecule has 0 fully saturated rings. The van der Waals surface area contributed by atoms with Crippen LogP contribution in [0.1, 0.15) is 16.7 Å². The molecule has 0 aliphatic rings. The van der Waals surface area contributed by atoms with E-state index < -0.39 is 0 Å². The Bertz CT molecular complexity index is 672. The summed E-state index contributed by atoms with van der Waals surface area (Å²) in [6.07, 6.45) is 0. The van der Waals surface area contributed by atoms with Gasteiger partial charge in [0.05, 0.1) is 15.1 Å². The Balaban J connectivity index is 2.61. The van der Waals surface area contributed by atoms with Crippen LogP contribution in [-0.4, -0.2) is 0 Å². The minimum absolute atomic E-state index is 0.109. The van der Waals surface area contributed by atoms with Gasteiger partial charge in [-0.3, -0.25) is 0 Å². The average molecular weight is 385 g/mol. The Morgan fingerprint density at radius 3 is 1.43 bits per heavy atom. The van der Waals surface area contributed by atoms with Gasteiger partial charge in [0, 0.05) is 0 Å². The first-order valence-electron chi connectivity index (χ1n) is 6.01. The van der Waals surface area contributed by atoms with Crippen molar-refractivity contribution >= 4 is 58.0 Å². The zero-order valence-electron chi connectivity index (χ0n) is 11.5. The summed E-state index contributed by atoms with van der Waals surface area (Å²) in [5, 5.41) is 0.610. The number of rotatable bonds is 2. The van der Waals surface area contributed by atoms with E-state index in [9.17, 15) is 0 Å². The van der Waals surface area contributed by atoms with Crippen LogP contribution >= 0.6 is 58.0 Å². The van der Waals surface area contributed by atoms with Crippen LogP contribution in [0.2, 0.25) is 25.1 Å². The van der Waals surface area contributed by atoms with E-state index in [1.807, 2.05) is 32.9 Å². The lowest BCUT2D eigenvalue weighted by molar-refractivity contribution is 0.475. The lowest BCUT2D eigenvalue weighted by atomic mass is 10.1. The van der Waals surface area contributed by atoms with Gasteiger partial charge >= 0.3 is 0 Å². The minimum Gasteiger partial charge on any atom is -0.454 e. The molecule has 0 heterocycles. The topological polar surface area (TPSA) is 9.23 Å². The van der Waals surface area contributed by atoms with Gasteiger partial charge in [-0.1, -0.05) is 75.7 Å². The van der Waals surface area contributed by atoms with Crippen molar-refractivity contribution in [3.05, 3.63) is 53.9 Å². The van der Waals surface area contributed by atoms with E-state index in [4.69, 9.17) is 62.7 Å². The average Bonchev–Trinajstić information content (AvgIpc) is 2.41. The van der Waals surface area contributed by atoms with E-state index in [1.165, 1.54) is 0 Å². The summed E-state index contributed by atoms with van der Waals surface area (Å²) in [5.74, 6) is 0.867. The highest BCUT2D eigenvalue weighted by molar-refractivity contribution is 6.55. The highest BCUT2D eigenvalue weighted by atomic mass is 35.5. The molecule has 6 heteroatoms. The number of aryl methyl sites for hydroxylation is 3. The van der Waals surface area contributed by atoms with Crippen molar-refractivity contribution in [2.45, 2.75) is 20.8 Å². The second-order valence-corrected chi connectivity index (χ2v) is 6.62. The van der Waals surface area contributed by atoms with Gasteiger partial charge in [0.25, 0.3) is 0 Å². The van der Waals surface area contributed by atoms with Crippen molar-refractivity contribution in [1.82, 2.24) is 0 Å². The van der Waals surface area contributed by atoms with Gasteiger partial charge in [-0.25, -0.2) is 0 Å². The SMILES string of the molecule is Cc1cc(C)c(Oc2c(Cl)c(Cl)c(Cl)c(Cl)c2Cl)c(C)c1. The fourth-order valence-electron chi connectivity index (χ4n) is 2.10. The first-order valence-corrected chi connectivity index (χ1v) is 7.90. The Hall–Kier alpha value is -0.310. The Morgan fingerprint density at radius 1 is 0.619 bits per heavy atom.